The Morgan fingerprint density at radius 1 is 1.21 bits per heavy atom. The summed E-state index contributed by atoms with van der Waals surface area (Å²) in [6, 6.07) is 6.59. The number of halogens is 1. The fourth-order valence-electron chi connectivity index (χ4n) is 2.64. The predicted octanol–water partition coefficient (Wildman–Crippen LogP) is 3.52. The van der Waals surface area contributed by atoms with E-state index in [1.165, 1.54) is 18.4 Å². The molecule has 0 bridgehead atoms. The molecular formula is C21H35IN4O2. The van der Waals surface area contributed by atoms with Crippen LogP contribution in [0.5, 0.6) is 5.75 Å². The van der Waals surface area contributed by atoms with E-state index in [9.17, 15) is 4.79 Å². The first-order valence-electron chi connectivity index (χ1n) is 10.2. The zero-order chi connectivity index (χ0) is 19.5. The molecule has 0 heterocycles. The maximum atomic E-state index is 11.9. The van der Waals surface area contributed by atoms with Crippen molar-refractivity contribution in [1.82, 2.24) is 16.0 Å². The molecule has 0 spiro atoms. The van der Waals surface area contributed by atoms with E-state index in [0.717, 1.165) is 43.7 Å². The summed E-state index contributed by atoms with van der Waals surface area (Å²) in [6.07, 6.45) is 5.60. The molecule has 1 aliphatic rings. The summed E-state index contributed by atoms with van der Waals surface area (Å²) in [7, 11) is 0. The number of ether oxygens (including phenoxy) is 1. The van der Waals surface area contributed by atoms with Crippen LogP contribution in [0.3, 0.4) is 0 Å². The third-order valence-electron chi connectivity index (χ3n) is 4.34. The Morgan fingerprint density at radius 3 is 2.68 bits per heavy atom. The summed E-state index contributed by atoms with van der Waals surface area (Å²) in [5.41, 5.74) is 2.23. The van der Waals surface area contributed by atoms with E-state index in [1.54, 1.807) is 0 Å². The fourth-order valence-corrected chi connectivity index (χ4v) is 2.64. The minimum absolute atomic E-state index is 0. The van der Waals surface area contributed by atoms with E-state index in [4.69, 9.17) is 4.74 Å². The molecule has 1 aromatic carbocycles. The van der Waals surface area contributed by atoms with Gasteiger partial charge in [0.1, 0.15) is 5.75 Å². The van der Waals surface area contributed by atoms with Crippen LogP contribution in [0.4, 0.5) is 0 Å². The zero-order valence-corrected chi connectivity index (χ0v) is 19.7. The molecule has 1 amide bonds. The van der Waals surface area contributed by atoms with Crippen LogP contribution in [0.1, 0.15) is 57.1 Å². The lowest BCUT2D eigenvalue weighted by Gasteiger charge is -2.13. The highest BCUT2D eigenvalue weighted by Gasteiger charge is 2.22. The van der Waals surface area contributed by atoms with E-state index >= 15 is 0 Å². The number of carbonyl (C=O) groups is 1. The molecule has 1 aromatic rings. The molecular weight excluding hydrogens is 467 g/mol. The smallest absolute Gasteiger partial charge is 0.239 e. The number of aryl methyl sites for hydroxylation is 1. The number of hydrogen-bond acceptors (Lipinski definition) is 3. The Kier molecular flexibility index (Phi) is 11.9. The Bertz CT molecular complexity index is 633. The largest absolute Gasteiger partial charge is 0.493 e. The summed E-state index contributed by atoms with van der Waals surface area (Å²) in [5, 5.41) is 9.26. The quantitative estimate of drug-likeness (QED) is 0.187. The first-order valence-corrected chi connectivity index (χ1v) is 10.2. The number of benzene rings is 1. The van der Waals surface area contributed by atoms with Gasteiger partial charge in [-0.2, -0.15) is 0 Å². The van der Waals surface area contributed by atoms with Gasteiger partial charge in [-0.15, -0.1) is 24.0 Å². The molecule has 0 unspecified atom stereocenters. The molecule has 0 radical (unpaired) electrons. The maximum absolute atomic E-state index is 11.9. The Morgan fingerprint density at radius 2 is 2.00 bits per heavy atom. The second-order valence-corrected chi connectivity index (χ2v) is 7.06. The van der Waals surface area contributed by atoms with Gasteiger partial charge in [0.15, 0.2) is 5.96 Å². The molecule has 7 heteroatoms. The highest BCUT2D eigenvalue weighted by atomic mass is 127. The molecule has 0 aromatic heterocycles. The summed E-state index contributed by atoms with van der Waals surface area (Å²) < 4.78 is 5.99. The second-order valence-electron chi connectivity index (χ2n) is 7.06. The molecule has 1 fully saturated rings. The molecule has 1 saturated carbocycles. The molecule has 2 rings (SSSR count). The molecule has 1 aliphatic carbocycles. The summed E-state index contributed by atoms with van der Waals surface area (Å²) in [5.74, 6) is 1.55. The average Bonchev–Trinajstić information content (AvgIpc) is 3.46. The third kappa shape index (κ3) is 9.61. The molecule has 3 N–H and O–H groups in total. The van der Waals surface area contributed by atoms with Gasteiger partial charge in [0.05, 0.1) is 19.7 Å². The van der Waals surface area contributed by atoms with Crippen LogP contribution < -0.4 is 20.7 Å². The van der Waals surface area contributed by atoms with E-state index in [0.29, 0.717) is 18.5 Å². The highest BCUT2D eigenvalue weighted by molar-refractivity contribution is 14.0. The lowest BCUT2D eigenvalue weighted by Crippen LogP contribution is -2.43. The number of rotatable bonds is 11. The monoisotopic (exact) mass is 502 g/mol. The van der Waals surface area contributed by atoms with E-state index in [-0.39, 0.29) is 36.4 Å². The lowest BCUT2D eigenvalue weighted by atomic mass is 10.1. The van der Waals surface area contributed by atoms with Gasteiger partial charge in [-0.25, -0.2) is 4.99 Å². The molecule has 0 aliphatic heterocycles. The minimum Gasteiger partial charge on any atom is -0.493 e. The van der Waals surface area contributed by atoms with Gasteiger partial charge in [0.25, 0.3) is 0 Å². The van der Waals surface area contributed by atoms with Gasteiger partial charge < -0.3 is 20.7 Å². The van der Waals surface area contributed by atoms with Crippen molar-refractivity contribution in [1.29, 1.82) is 0 Å². The number of carbonyl (C=O) groups excluding carboxylic acids is 1. The second kappa shape index (κ2) is 13.6. The van der Waals surface area contributed by atoms with Crippen LogP contribution in [0.25, 0.3) is 0 Å². The molecule has 28 heavy (non-hydrogen) atoms. The van der Waals surface area contributed by atoms with Crippen LogP contribution in [0.2, 0.25) is 0 Å². The maximum Gasteiger partial charge on any atom is 0.239 e. The predicted molar refractivity (Wildman–Crippen MR) is 126 cm³/mol. The van der Waals surface area contributed by atoms with E-state index < -0.39 is 0 Å². The SMILES string of the molecule is CCCCCOc1cc(C)ccc1CN=C(NCC)NCC(=O)NC1CC1.I. The van der Waals surface area contributed by atoms with Gasteiger partial charge in [0, 0.05) is 18.2 Å². The van der Waals surface area contributed by atoms with Crippen LogP contribution in [0, 0.1) is 6.92 Å². The number of hydrogen-bond donors (Lipinski definition) is 3. The van der Waals surface area contributed by atoms with Crippen LogP contribution >= 0.6 is 24.0 Å². The fraction of sp³-hybridized carbons (Fsp3) is 0.619. The molecule has 6 nitrogen and oxygen atoms in total. The van der Waals surface area contributed by atoms with E-state index in [2.05, 4.69) is 53.0 Å². The van der Waals surface area contributed by atoms with Gasteiger partial charge in [-0.1, -0.05) is 31.9 Å². The first kappa shape index (κ1) is 24.5. The number of nitrogens with zero attached hydrogens (tertiary/aromatic N) is 1. The van der Waals surface area contributed by atoms with Crippen molar-refractivity contribution in [2.75, 3.05) is 19.7 Å². The van der Waals surface area contributed by atoms with Gasteiger partial charge in [-0.3, -0.25) is 4.79 Å². The van der Waals surface area contributed by atoms with Crippen LogP contribution in [-0.2, 0) is 11.3 Å². The number of guanidine groups is 1. The van der Waals surface area contributed by atoms with Crippen molar-refractivity contribution in [3.05, 3.63) is 29.3 Å². The molecule has 0 saturated heterocycles. The van der Waals surface area contributed by atoms with Gasteiger partial charge in [0.2, 0.25) is 5.91 Å². The lowest BCUT2D eigenvalue weighted by molar-refractivity contribution is -0.120. The standard InChI is InChI=1S/C21H34N4O2.HI/c1-4-6-7-12-27-19-13-16(3)8-9-17(19)14-23-21(22-5-2)24-15-20(26)25-18-10-11-18;/h8-9,13,18H,4-7,10-12,14-15H2,1-3H3,(H,25,26)(H2,22,23,24);1H. The summed E-state index contributed by atoms with van der Waals surface area (Å²) in [6.45, 7) is 8.47. The third-order valence-corrected chi connectivity index (χ3v) is 4.34. The average molecular weight is 502 g/mol. The van der Waals surface area contributed by atoms with Gasteiger partial charge >= 0.3 is 0 Å². The Labute approximate surface area is 186 Å². The van der Waals surface area contributed by atoms with Crippen LogP contribution in [-0.4, -0.2) is 37.6 Å². The normalized spacial score (nSPS) is 13.5. The first-order chi connectivity index (χ1) is 13.1. The van der Waals surface area contributed by atoms with Gasteiger partial charge in [-0.05, 0) is 44.7 Å². The summed E-state index contributed by atoms with van der Waals surface area (Å²) in [4.78, 5) is 16.5. The van der Waals surface area contributed by atoms with Crippen molar-refractivity contribution in [3.8, 4) is 5.75 Å². The highest BCUT2D eigenvalue weighted by Crippen LogP contribution is 2.22. The van der Waals surface area contributed by atoms with Crippen LogP contribution in [0.15, 0.2) is 23.2 Å². The van der Waals surface area contributed by atoms with Crippen molar-refractivity contribution >= 4 is 35.8 Å². The summed E-state index contributed by atoms with van der Waals surface area (Å²) >= 11 is 0. The number of amides is 1. The van der Waals surface area contributed by atoms with Crippen molar-refractivity contribution in [2.24, 2.45) is 4.99 Å². The topological polar surface area (TPSA) is 74.8 Å². The zero-order valence-electron chi connectivity index (χ0n) is 17.3. The minimum atomic E-state index is 0. The number of aliphatic imine (C=N–C) groups is 1. The van der Waals surface area contributed by atoms with Crippen molar-refractivity contribution in [2.45, 2.75) is 65.5 Å². The van der Waals surface area contributed by atoms with E-state index in [1.807, 2.05) is 6.92 Å². The Balaban J connectivity index is 0.00000392. The van der Waals surface area contributed by atoms with Crippen molar-refractivity contribution < 1.29 is 9.53 Å². The number of unbranched alkanes of at least 4 members (excludes halogenated alkanes) is 2. The Hall–Kier alpha value is -1.51. The molecule has 158 valence electrons. The number of nitrogens with one attached hydrogen (secondary N) is 3. The molecule has 0 atom stereocenters. The van der Waals surface area contributed by atoms with Crippen molar-refractivity contribution in [3.63, 3.8) is 0 Å².